The highest BCUT2D eigenvalue weighted by molar-refractivity contribution is 5.89. The van der Waals surface area contributed by atoms with Crippen LogP contribution in [-0.2, 0) is 14.3 Å². The first-order valence-electron chi connectivity index (χ1n) is 20.5. The van der Waals surface area contributed by atoms with Gasteiger partial charge in [0.2, 0.25) is 5.91 Å². The Morgan fingerprint density at radius 2 is 1.31 bits per heavy atom. The smallest absolute Gasteiger partial charge is 0.407 e. The first-order chi connectivity index (χ1) is 29.8. The number of hydrogen-bond donors (Lipinski definition) is 4. The lowest BCUT2D eigenvalue weighted by atomic mass is 10.0. The lowest BCUT2D eigenvalue weighted by Gasteiger charge is -2.28. The Morgan fingerprint density at radius 1 is 0.754 bits per heavy atom. The van der Waals surface area contributed by atoms with Gasteiger partial charge in [0.15, 0.2) is 0 Å². The van der Waals surface area contributed by atoms with E-state index in [2.05, 4.69) is 30.6 Å². The molecule has 61 heavy (non-hydrogen) atoms. The SMILES string of the molecule is CN[C@@H](C(=O)N1CCC[C@H]1c1ncc(-c2ccc(-c3cc4cc(-c5cnc(C6CCCN6C(=O)C(NC(=O)OC)c6ccccc6)[nH]5)ccc4o3)c(F)c2)[nH]1)c1ccccc1. The maximum absolute atomic E-state index is 15.9. The van der Waals surface area contributed by atoms with Crippen LogP contribution in [0.25, 0.3) is 44.8 Å². The molecule has 9 rings (SSSR count). The molecule has 0 aliphatic carbocycles. The fraction of sp³-hybridized carbons (Fsp3) is 0.255. The number of alkyl carbamates (subject to hydrolysis) is 1. The number of aromatic nitrogens is 4. The summed E-state index contributed by atoms with van der Waals surface area (Å²) in [7, 11) is 3.06. The number of carbonyl (C=O) groups is 3. The molecule has 13 nitrogen and oxygen atoms in total. The van der Waals surface area contributed by atoms with E-state index in [1.54, 1.807) is 42.5 Å². The average Bonchev–Trinajstić information content (AvgIpc) is 4.15. The van der Waals surface area contributed by atoms with Crippen molar-refractivity contribution >= 4 is 28.9 Å². The van der Waals surface area contributed by atoms with Gasteiger partial charge < -0.3 is 39.6 Å². The number of halogens is 1. The molecule has 2 saturated heterocycles. The van der Waals surface area contributed by atoms with Crippen LogP contribution in [0, 0.1) is 5.82 Å². The molecule has 0 saturated carbocycles. The van der Waals surface area contributed by atoms with Gasteiger partial charge in [-0.1, -0.05) is 66.7 Å². The van der Waals surface area contributed by atoms with Gasteiger partial charge in [-0.2, -0.15) is 0 Å². The predicted octanol–water partition coefficient (Wildman–Crippen LogP) is 8.40. The van der Waals surface area contributed by atoms with Crippen LogP contribution in [-0.4, -0.2) is 74.9 Å². The molecule has 0 spiro atoms. The average molecular weight is 821 g/mol. The zero-order chi connectivity index (χ0) is 42.0. The lowest BCUT2D eigenvalue weighted by molar-refractivity contribution is -0.135. The van der Waals surface area contributed by atoms with Crippen molar-refractivity contribution in [2.45, 2.75) is 49.9 Å². The quantitative estimate of drug-likeness (QED) is 0.101. The number of H-pyrrole nitrogens is 2. The molecule has 0 bridgehead atoms. The number of carbonyl (C=O) groups excluding carboxylic acids is 3. The number of hydrogen-bond acceptors (Lipinski definition) is 8. The van der Waals surface area contributed by atoms with Gasteiger partial charge in [-0.15, -0.1) is 0 Å². The largest absolute Gasteiger partial charge is 0.456 e. The molecule has 14 heteroatoms. The molecule has 310 valence electrons. The molecule has 2 aliphatic heterocycles. The first kappa shape index (κ1) is 39.4. The number of nitrogens with zero attached hydrogens (tertiary/aromatic N) is 4. The van der Waals surface area contributed by atoms with Gasteiger partial charge in [0.1, 0.15) is 40.9 Å². The van der Waals surface area contributed by atoms with Crippen molar-refractivity contribution in [3.05, 3.63) is 144 Å². The molecule has 2 unspecified atom stereocenters. The third-order valence-corrected chi connectivity index (χ3v) is 11.8. The number of benzene rings is 4. The second-order valence-electron chi connectivity index (χ2n) is 15.4. The summed E-state index contributed by atoms with van der Waals surface area (Å²) < 4.78 is 26.9. The summed E-state index contributed by atoms with van der Waals surface area (Å²) in [6.45, 7) is 1.15. The first-order valence-corrected chi connectivity index (χ1v) is 20.5. The third-order valence-electron chi connectivity index (χ3n) is 11.8. The molecular weight excluding hydrogens is 776 g/mol. The molecule has 2 fully saturated rings. The maximum Gasteiger partial charge on any atom is 0.407 e. The Balaban J connectivity index is 0.902. The molecule has 3 amide bonds. The van der Waals surface area contributed by atoms with E-state index in [0.29, 0.717) is 64.9 Å². The van der Waals surface area contributed by atoms with Crippen molar-refractivity contribution in [2.75, 3.05) is 27.2 Å². The molecule has 3 aromatic heterocycles. The number of furan rings is 1. The van der Waals surface area contributed by atoms with E-state index in [4.69, 9.17) is 9.15 Å². The van der Waals surface area contributed by atoms with Crippen LogP contribution in [0.5, 0.6) is 0 Å². The van der Waals surface area contributed by atoms with Crippen molar-refractivity contribution in [2.24, 2.45) is 0 Å². The Kier molecular flexibility index (Phi) is 10.9. The predicted molar refractivity (Wildman–Crippen MR) is 227 cm³/mol. The second-order valence-corrected chi connectivity index (χ2v) is 15.4. The number of rotatable bonds is 11. The third kappa shape index (κ3) is 7.77. The van der Waals surface area contributed by atoms with Crippen LogP contribution < -0.4 is 10.6 Å². The fourth-order valence-corrected chi connectivity index (χ4v) is 8.68. The highest BCUT2D eigenvalue weighted by atomic mass is 19.1. The topological polar surface area (TPSA) is 161 Å². The Morgan fingerprint density at radius 3 is 1.89 bits per heavy atom. The summed E-state index contributed by atoms with van der Waals surface area (Å²) in [6.07, 6.45) is 5.87. The number of ether oxygens (including phenoxy) is 1. The second kappa shape index (κ2) is 16.9. The van der Waals surface area contributed by atoms with Gasteiger partial charge in [-0.05, 0) is 80.3 Å². The number of likely N-dealkylation sites (N-methyl/N-ethyl adjacent to an activating group) is 1. The molecule has 4 aromatic carbocycles. The summed E-state index contributed by atoms with van der Waals surface area (Å²) in [5.74, 6) is 0.999. The molecule has 5 heterocycles. The van der Waals surface area contributed by atoms with E-state index in [9.17, 15) is 14.4 Å². The zero-order valence-electron chi connectivity index (χ0n) is 33.7. The monoisotopic (exact) mass is 820 g/mol. The van der Waals surface area contributed by atoms with Crippen molar-refractivity contribution in [3.8, 4) is 33.8 Å². The van der Waals surface area contributed by atoms with E-state index < -0.39 is 24.0 Å². The van der Waals surface area contributed by atoms with Crippen molar-refractivity contribution in [1.82, 2.24) is 40.4 Å². The zero-order valence-corrected chi connectivity index (χ0v) is 33.7. The highest BCUT2D eigenvalue weighted by Crippen LogP contribution is 2.38. The Bertz CT molecular complexity index is 2700. The minimum absolute atomic E-state index is 0.00849. The van der Waals surface area contributed by atoms with E-state index in [-0.39, 0.29) is 23.9 Å². The summed E-state index contributed by atoms with van der Waals surface area (Å²) in [6, 6.07) is 29.4. The van der Waals surface area contributed by atoms with Gasteiger partial charge in [-0.25, -0.2) is 19.2 Å². The normalized spacial score (nSPS) is 17.4. The van der Waals surface area contributed by atoms with Crippen LogP contribution in [0.4, 0.5) is 9.18 Å². The van der Waals surface area contributed by atoms with E-state index in [0.717, 1.165) is 41.5 Å². The van der Waals surface area contributed by atoms with E-state index in [1.807, 2.05) is 83.8 Å². The minimum atomic E-state index is -0.913. The number of aromatic amines is 2. The summed E-state index contributed by atoms with van der Waals surface area (Å²) in [5.41, 5.74) is 5.35. The number of amides is 3. The molecule has 7 aromatic rings. The standard InChI is InChI=1S/C47H45FN8O5/c1-49-41(28-11-5-3-6-12-28)45(57)55-21-9-15-37(55)43-51-27-36(53-43)31-17-19-33(34(48)24-31)40-25-32-23-30(18-20-39(32)61-40)35-26-50-44(52-35)38-16-10-22-56(38)46(58)42(54-47(59)60-2)29-13-7-4-8-14-29/h3-8,11-14,17-20,23-27,37-38,41-42,49H,9-10,15-16,21-22H2,1-2H3,(H,50,52)(H,51,53)(H,54,59)/t37-,38?,41+,42?/m0/s1. The van der Waals surface area contributed by atoms with Crippen LogP contribution in [0.1, 0.15) is 72.6 Å². The fourth-order valence-electron chi connectivity index (χ4n) is 8.68. The van der Waals surface area contributed by atoms with Gasteiger partial charge in [0, 0.05) is 29.6 Å². The number of likely N-dealkylation sites (tertiary alicyclic amines) is 2. The minimum Gasteiger partial charge on any atom is -0.456 e. The molecular formula is C47H45FN8O5. The Labute approximate surface area is 351 Å². The van der Waals surface area contributed by atoms with E-state index in [1.165, 1.54) is 13.2 Å². The van der Waals surface area contributed by atoms with Gasteiger partial charge in [-0.3, -0.25) is 9.59 Å². The summed E-state index contributed by atoms with van der Waals surface area (Å²) in [5, 5.41) is 6.65. The number of nitrogens with one attached hydrogen (secondary N) is 4. The number of methoxy groups -OCH3 is 1. The number of imidazole rings is 2. The molecule has 0 radical (unpaired) electrons. The lowest BCUT2D eigenvalue weighted by Crippen LogP contribution is -2.42. The van der Waals surface area contributed by atoms with Crippen LogP contribution in [0.3, 0.4) is 0 Å². The van der Waals surface area contributed by atoms with Gasteiger partial charge >= 0.3 is 6.09 Å². The van der Waals surface area contributed by atoms with Crippen molar-refractivity contribution in [1.29, 1.82) is 0 Å². The van der Waals surface area contributed by atoms with Crippen molar-refractivity contribution < 1.29 is 27.9 Å². The van der Waals surface area contributed by atoms with Crippen LogP contribution in [0.15, 0.2) is 120 Å². The van der Waals surface area contributed by atoms with Crippen molar-refractivity contribution in [3.63, 3.8) is 0 Å². The highest BCUT2D eigenvalue weighted by Gasteiger charge is 2.38. The molecule has 4 N–H and O–H groups in total. The van der Waals surface area contributed by atoms with Gasteiger partial charge in [0.05, 0.1) is 48.5 Å². The van der Waals surface area contributed by atoms with Gasteiger partial charge in [0.25, 0.3) is 5.91 Å². The molecule has 4 atom stereocenters. The Hall–Kier alpha value is -7.06. The maximum atomic E-state index is 15.9. The summed E-state index contributed by atoms with van der Waals surface area (Å²) in [4.78, 5) is 59.7. The van der Waals surface area contributed by atoms with Crippen LogP contribution in [0.2, 0.25) is 0 Å². The van der Waals surface area contributed by atoms with E-state index >= 15 is 4.39 Å². The number of fused-ring (bicyclic) bond motifs is 1. The van der Waals surface area contributed by atoms with Crippen LogP contribution >= 0.6 is 0 Å². The summed E-state index contributed by atoms with van der Waals surface area (Å²) >= 11 is 0. The molecule has 2 aliphatic rings.